The van der Waals surface area contributed by atoms with Gasteiger partial charge >= 0.3 is 0 Å². The maximum Gasteiger partial charge on any atom is 0.258 e. The van der Waals surface area contributed by atoms with E-state index in [0.717, 1.165) is 0 Å². The van der Waals surface area contributed by atoms with E-state index < -0.39 is 17.8 Å². The summed E-state index contributed by atoms with van der Waals surface area (Å²) in [5, 5.41) is 3.57. The number of carbonyl (C=O) groups excluding carboxylic acids is 1. The number of nitrogens with one attached hydrogen (secondary N) is 1. The number of nitrogens with zero attached hydrogens (tertiary/aromatic N) is 2. The van der Waals surface area contributed by atoms with Crippen molar-refractivity contribution >= 4 is 40.7 Å². The van der Waals surface area contributed by atoms with E-state index in [1.54, 1.807) is 36.1 Å². The van der Waals surface area contributed by atoms with Crippen molar-refractivity contribution in [1.29, 1.82) is 0 Å². The molecular weight excluding hydrogens is 428 g/mol. The van der Waals surface area contributed by atoms with Crippen molar-refractivity contribution in [3.63, 3.8) is 0 Å². The van der Waals surface area contributed by atoms with Crippen LogP contribution in [0.25, 0.3) is 0 Å². The van der Waals surface area contributed by atoms with Gasteiger partial charge in [0.1, 0.15) is 23.4 Å². The number of halogens is 4. The minimum Gasteiger partial charge on any atom is -0.482 e. The second kappa shape index (κ2) is 8.82. The third kappa shape index (κ3) is 4.76. The molecule has 146 valence electrons. The number of rotatable bonds is 6. The van der Waals surface area contributed by atoms with Crippen LogP contribution in [0.5, 0.6) is 5.75 Å². The van der Waals surface area contributed by atoms with E-state index in [1.807, 2.05) is 0 Å². The highest BCUT2D eigenvalue weighted by Gasteiger charge is 2.21. The summed E-state index contributed by atoms with van der Waals surface area (Å²) < 4.78 is 20.9. The van der Waals surface area contributed by atoms with Gasteiger partial charge in [0.05, 0.1) is 15.1 Å². The van der Waals surface area contributed by atoms with Crippen molar-refractivity contribution in [2.24, 2.45) is 7.05 Å². The van der Waals surface area contributed by atoms with Crippen molar-refractivity contribution in [2.75, 3.05) is 6.61 Å². The van der Waals surface area contributed by atoms with Gasteiger partial charge in [-0.2, -0.15) is 0 Å². The van der Waals surface area contributed by atoms with Gasteiger partial charge in [-0.1, -0.05) is 46.9 Å². The Morgan fingerprint density at radius 2 is 1.96 bits per heavy atom. The maximum absolute atomic E-state index is 13.7. The predicted molar refractivity (Wildman–Crippen MR) is 107 cm³/mol. The van der Waals surface area contributed by atoms with Crippen LogP contribution in [-0.4, -0.2) is 22.1 Å². The standard InChI is InChI=1S/C19H15Cl3FN3O2/c1-26-6-5-24-19(26)18(11-3-2-4-12(23)7-11)25-17(27)10-28-16-9-14(21)13(20)8-15(16)22/h2-9,18H,10H2,1H3,(H,25,27). The van der Waals surface area contributed by atoms with Crippen LogP contribution in [0.4, 0.5) is 4.39 Å². The van der Waals surface area contributed by atoms with Gasteiger partial charge in [-0.25, -0.2) is 9.37 Å². The Labute approximate surface area is 176 Å². The molecule has 2 aromatic carbocycles. The maximum atomic E-state index is 13.7. The highest BCUT2D eigenvalue weighted by Crippen LogP contribution is 2.33. The molecule has 0 spiro atoms. The van der Waals surface area contributed by atoms with Gasteiger partial charge in [-0.05, 0) is 23.8 Å². The van der Waals surface area contributed by atoms with E-state index in [-0.39, 0.29) is 27.4 Å². The third-order valence-electron chi connectivity index (χ3n) is 3.94. The lowest BCUT2D eigenvalue weighted by molar-refractivity contribution is -0.123. The Hall–Kier alpha value is -2.28. The molecule has 0 saturated carbocycles. The van der Waals surface area contributed by atoms with Gasteiger partial charge in [0, 0.05) is 25.5 Å². The van der Waals surface area contributed by atoms with Crippen LogP contribution in [0.2, 0.25) is 15.1 Å². The van der Waals surface area contributed by atoms with Crippen LogP contribution in [-0.2, 0) is 11.8 Å². The summed E-state index contributed by atoms with van der Waals surface area (Å²) in [6.45, 7) is -0.325. The number of ether oxygens (including phenoxy) is 1. The third-order valence-corrected chi connectivity index (χ3v) is 4.96. The molecule has 28 heavy (non-hydrogen) atoms. The van der Waals surface area contributed by atoms with Gasteiger partial charge in [0.25, 0.3) is 5.91 Å². The SMILES string of the molecule is Cn1ccnc1C(NC(=O)COc1cc(Cl)c(Cl)cc1Cl)c1cccc(F)c1. The molecule has 1 amide bonds. The molecule has 5 nitrogen and oxygen atoms in total. The fourth-order valence-corrected chi connectivity index (χ4v) is 3.19. The molecule has 1 atom stereocenters. The average molecular weight is 443 g/mol. The van der Waals surface area contributed by atoms with Crippen LogP contribution in [0, 0.1) is 5.82 Å². The van der Waals surface area contributed by atoms with Crippen LogP contribution in [0.1, 0.15) is 17.4 Å². The number of imidazole rings is 1. The van der Waals surface area contributed by atoms with Gasteiger partial charge in [-0.3, -0.25) is 4.79 Å². The first-order chi connectivity index (χ1) is 13.3. The van der Waals surface area contributed by atoms with E-state index in [9.17, 15) is 9.18 Å². The molecule has 1 heterocycles. The summed E-state index contributed by atoms with van der Waals surface area (Å²) in [5.41, 5.74) is 0.551. The number of aromatic nitrogens is 2. The molecule has 0 aliphatic carbocycles. The first-order valence-corrected chi connectivity index (χ1v) is 9.28. The summed E-state index contributed by atoms with van der Waals surface area (Å²) in [6.07, 6.45) is 3.33. The smallest absolute Gasteiger partial charge is 0.258 e. The minimum atomic E-state index is -0.656. The number of aryl methyl sites for hydroxylation is 1. The summed E-state index contributed by atoms with van der Waals surface area (Å²) in [4.78, 5) is 16.7. The number of benzene rings is 2. The predicted octanol–water partition coefficient (Wildman–Crippen LogP) is 4.80. The zero-order valence-corrected chi connectivity index (χ0v) is 16.9. The highest BCUT2D eigenvalue weighted by molar-refractivity contribution is 6.43. The molecule has 0 fully saturated rings. The molecule has 0 aliphatic heterocycles. The first kappa shape index (κ1) is 20.5. The van der Waals surface area contributed by atoms with E-state index in [2.05, 4.69) is 10.3 Å². The molecule has 0 aliphatic rings. The number of amides is 1. The van der Waals surface area contributed by atoms with Gasteiger partial charge < -0.3 is 14.6 Å². The molecule has 0 saturated heterocycles. The second-order valence-corrected chi connectivity index (χ2v) is 7.16. The Morgan fingerprint density at radius 1 is 1.21 bits per heavy atom. The summed E-state index contributed by atoms with van der Waals surface area (Å²) >= 11 is 17.9. The van der Waals surface area contributed by atoms with Gasteiger partial charge in [0.2, 0.25) is 0 Å². The summed E-state index contributed by atoms with van der Waals surface area (Å²) in [7, 11) is 1.78. The number of carbonyl (C=O) groups is 1. The minimum absolute atomic E-state index is 0.227. The molecular formula is C19H15Cl3FN3O2. The zero-order valence-electron chi connectivity index (χ0n) is 14.6. The molecule has 0 radical (unpaired) electrons. The molecule has 0 bridgehead atoms. The lowest BCUT2D eigenvalue weighted by Gasteiger charge is -2.19. The van der Waals surface area contributed by atoms with E-state index in [4.69, 9.17) is 39.5 Å². The Morgan fingerprint density at radius 3 is 2.64 bits per heavy atom. The Kier molecular flexibility index (Phi) is 6.44. The molecule has 9 heteroatoms. The molecule has 1 N–H and O–H groups in total. The van der Waals surface area contributed by atoms with E-state index in [1.165, 1.54) is 24.3 Å². The van der Waals surface area contributed by atoms with Crippen molar-refractivity contribution in [3.05, 3.63) is 81.1 Å². The van der Waals surface area contributed by atoms with Crippen molar-refractivity contribution in [2.45, 2.75) is 6.04 Å². The largest absolute Gasteiger partial charge is 0.482 e. The molecule has 3 aromatic rings. The molecule has 1 aromatic heterocycles. The van der Waals surface area contributed by atoms with Crippen molar-refractivity contribution < 1.29 is 13.9 Å². The Bertz CT molecular complexity index is 1010. The van der Waals surface area contributed by atoms with Crippen LogP contribution in [0.15, 0.2) is 48.8 Å². The Balaban J connectivity index is 1.77. The second-order valence-electron chi connectivity index (χ2n) is 5.94. The average Bonchev–Trinajstić information content (AvgIpc) is 3.07. The van der Waals surface area contributed by atoms with Crippen LogP contribution in [0.3, 0.4) is 0 Å². The van der Waals surface area contributed by atoms with E-state index >= 15 is 0 Å². The number of hydrogen-bond donors (Lipinski definition) is 1. The first-order valence-electron chi connectivity index (χ1n) is 8.14. The summed E-state index contributed by atoms with van der Waals surface area (Å²) in [5.74, 6) is -0.0822. The van der Waals surface area contributed by atoms with E-state index in [0.29, 0.717) is 11.4 Å². The van der Waals surface area contributed by atoms with Crippen LogP contribution >= 0.6 is 34.8 Å². The summed E-state index contributed by atoms with van der Waals surface area (Å²) in [6, 6.07) is 8.16. The molecule has 3 rings (SSSR count). The zero-order chi connectivity index (χ0) is 20.3. The fraction of sp³-hybridized carbons (Fsp3) is 0.158. The normalized spacial score (nSPS) is 11.9. The lowest BCUT2D eigenvalue weighted by atomic mass is 10.1. The van der Waals surface area contributed by atoms with Gasteiger partial charge in [0.15, 0.2) is 6.61 Å². The fourth-order valence-electron chi connectivity index (χ4n) is 2.60. The van der Waals surface area contributed by atoms with Crippen molar-refractivity contribution in [3.8, 4) is 5.75 Å². The highest BCUT2D eigenvalue weighted by atomic mass is 35.5. The number of hydrogen-bond acceptors (Lipinski definition) is 3. The lowest BCUT2D eigenvalue weighted by Crippen LogP contribution is -2.34. The monoisotopic (exact) mass is 441 g/mol. The topological polar surface area (TPSA) is 56.2 Å². The van der Waals surface area contributed by atoms with Crippen LogP contribution < -0.4 is 10.1 Å². The molecule has 1 unspecified atom stereocenters. The van der Waals surface area contributed by atoms with Crippen molar-refractivity contribution in [1.82, 2.24) is 14.9 Å². The van der Waals surface area contributed by atoms with Gasteiger partial charge in [-0.15, -0.1) is 0 Å². The quantitative estimate of drug-likeness (QED) is 0.558.